The summed E-state index contributed by atoms with van der Waals surface area (Å²) in [6.07, 6.45) is 0.533. The van der Waals surface area contributed by atoms with E-state index < -0.39 is 12.0 Å². The molecule has 0 aliphatic carbocycles. The van der Waals surface area contributed by atoms with Crippen molar-refractivity contribution in [1.29, 1.82) is 0 Å². The normalized spacial score (nSPS) is 12.9. The second-order valence-electron chi connectivity index (χ2n) is 3.93. The molecule has 1 heterocycles. The highest BCUT2D eigenvalue weighted by Crippen LogP contribution is 2.14. The van der Waals surface area contributed by atoms with Crippen LogP contribution in [0, 0.1) is 0 Å². The van der Waals surface area contributed by atoms with E-state index in [4.69, 9.17) is 5.11 Å². The Morgan fingerprint density at radius 2 is 2.29 bits per heavy atom. The van der Waals surface area contributed by atoms with Crippen molar-refractivity contribution in [3.63, 3.8) is 0 Å². The summed E-state index contributed by atoms with van der Waals surface area (Å²) < 4.78 is 1.57. The van der Waals surface area contributed by atoms with E-state index >= 15 is 0 Å². The van der Waals surface area contributed by atoms with Crippen molar-refractivity contribution < 1.29 is 9.90 Å². The van der Waals surface area contributed by atoms with E-state index in [2.05, 4.69) is 20.8 Å². The summed E-state index contributed by atoms with van der Waals surface area (Å²) in [5, 5.41) is 23.7. The van der Waals surface area contributed by atoms with E-state index in [1.807, 2.05) is 13.8 Å². The predicted octanol–water partition coefficient (Wildman–Crippen LogP) is 0.143. The largest absolute Gasteiger partial charge is 0.480 e. The molecule has 2 N–H and O–H groups in total. The van der Waals surface area contributed by atoms with Crippen LogP contribution in [0.15, 0.2) is 5.16 Å². The minimum absolute atomic E-state index is 0.151. The van der Waals surface area contributed by atoms with Crippen molar-refractivity contribution in [3.8, 4) is 0 Å². The lowest BCUT2D eigenvalue weighted by Gasteiger charge is -2.16. The molecule has 1 unspecified atom stereocenters. The molecule has 96 valence electrons. The van der Waals surface area contributed by atoms with Gasteiger partial charge in [-0.1, -0.05) is 25.6 Å². The quantitative estimate of drug-likeness (QED) is 0.673. The van der Waals surface area contributed by atoms with Crippen LogP contribution in [0.4, 0.5) is 0 Å². The number of nitrogens with one attached hydrogen (secondary N) is 1. The van der Waals surface area contributed by atoms with Gasteiger partial charge in [-0.15, -0.1) is 5.10 Å². The number of nitrogens with zero attached hydrogens (tertiary/aromatic N) is 4. The number of tetrazole rings is 1. The summed E-state index contributed by atoms with van der Waals surface area (Å²) in [5.74, 6) is -0.166. The van der Waals surface area contributed by atoms with Gasteiger partial charge in [0.05, 0.1) is 0 Å². The summed E-state index contributed by atoms with van der Waals surface area (Å²) in [7, 11) is 1.75. The summed E-state index contributed by atoms with van der Waals surface area (Å²) in [4.78, 5) is 11.0. The van der Waals surface area contributed by atoms with Crippen LogP contribution in [-0.4, -0.2) is 49.1 Å². The van der Waals surface area contributed by atoms with Crippen LogP contribution in [0.3, 0.4) is 0 Å². The average molecular weight is 259 g/mol. The van der Waals surface area contributed by atoms with Crippen molar-refractivity contribution >= 4 is 17.7 Å². The molecule has 0 amide bonds. The predicted molar refractivity (Wildman–Crippen MR) is 63.8 cm³/mol. The molecule has 0 saturated heterocycles. The Morgan fingerprint density at radius 1 is 1.59 bits per heavy atom. The lowest BCUT2D eigenvalue weighted by atomic mass is 10.2. The fourth-order valence-electron chi connectivity index (χ4n) is 1.29. The summed E-state index contributed by atoms with van der Waals surface area (Å²) in [6, 6.07) is -0.374. The molecular weight excluding hydrogens is 242 g/mol. The molecule has 0 bridgehead atoms. The topological polar surface area (TPSA) is 92.9 Å². The van der Waals surface area contributed by atoms with Crippen LogP contribution >= 0.6 is 11.8 Å². The first kappa shape index (κ1) is 13.9. The Hall–Kier alpha value is -1.15. The van der Waals surface area contributed by atoms with E-state index in [0.29, 0.717) is 17.3 Å². The van der Waals surface area contributed by atoms with Gasteiger partial charge in [0, 0.05) is 18.8 Å². The molecule has 0 aliphatic heterocycles. The Morgan fingerprint density at radius 3 is 2.76 bits per heavy atom. The second-order valence-corrected chi connectivity index (χ2v) is 5.00. The zero-order valence-electron chi connectivity index (χ0n) is 10.1. The maximum absolute atomic E-state index is 11.0. The lowest BCUT2D eigenvalue weighted by Crippen LogP contribution is -2.41. The number of aliphatic carboxylic acids is 1. The van der Waals surface area contributed by atoms with Gasteiger partial charge >= 0.3 is 5.97 Å². The zero-order chi connectivity index (χ0) is 12.8. The first-order valence-electron chi connectivity index (χ1n) is 5.34. The molecule has 0 aromatic carbocycles. The molecule has 8 heteroatoms. The lowest BCUT2D eigenvalue weighted by molar-refractivity contribution is -0.139. The standard InChI is InChI=1S/C9H17N5O2S/c1-6(2)10-7(8(15)16)4-5-17-9-11-12-13-14(9)3/h6-7,10H,4-5H2,1-3H3,(H,15,16). The Kier molecular flexibility index (Phi) is 5.36. The highest BCUT2D eigenvalue weighted by molar-refractivity contribution is 7.99. The molecule has 0 aliphatic rings. The highest BCUT2D eigenvalue weighted by atomic mass is 32.2. The van der Waals surface area contributed by atoms with Gasteiger partial charge < -0.3 is 10.4 Å². The summed E-state index contributed by atoms with van der Waals surface area (Å²) in [5.41, 5.74) is 0. The number of rotatable bonds is 7. The van der Waals surface area contributed by atoms with Crippen molar-refractivity contribution in [2.45, 2.75) is 37.5 Å². The molecule has 0 saturated carbocycles. The van der Waals surface area contributed by atoms with Crippen molar-refractivity contribution in [2.75, 3.05) is 5.75 Å². The highest BCUT2D eigenvalue weighted by Gasteiger charge is 2.18. The van der Waals surface area contributed by atoms with Gasteiger partial charge in [0.25, 0.3) is 0 Å². The first-order chi connectivity index (χ1) is 8.00. The van der Waals surface area contributed by atoms with Gasteiger partial charge in [-0.3, -0.25) is 4.79 Å². The molecule has 17 heavy (non-hydrogen) atoms. The Labute approximate surface area is 104 Å². The molecule has 1 aromatic heterocycles. The maximum Gasteiger partial charge on any atom is 0.320 e. The fraction of sp³-hybridized carbons (Fsp3) is 0.778. The monoisotopic (exact) mass is 259 g/mol. The van der Waals surface area contributed by atoms with Crippen LogP contribution in [0.25, 0.3) is 0 Å². The third-order valence-electron chi connectivity index (χ3n) is 2.05. The summed E-state index contributed by atoms with van der Waals surface area (Å²) >= 11 is 1.45. The summed E-state index contributed by atoms with van der Waals surface area (Å²) in [6.45, 7) is 3.85. The molecule has 1 aromatic rings. The first-order valence-corrected chi connectivity index (χ1v) is 6.33. The van der Waals surface area contributed by atoms with Crippen LogP contribution in [-0.2, 0) is 11.8 Å². The Bertz CT molecular complexity index is 368. The smallest absolute Gasteiger partial charge is 0.320 e. The fourth-order valence-corrected chi connectivity index (χ4v) is 2.15. The number of carboxylic acid groups (broad SMARTS) is 1. The minimum Gasteiger partial charge on any atom is -0.480 e. The number of carbonyl (C=O) groups is 1. The van der Waals surface area contributed by atoms with E-state index in [0.717, 1.165) is 0 Å². The zero-order valence-corrected chi connectivity index (χ0v) is 10.9. The van der Waals surface area contributed by atoms with Crippen LogP contribution in [0.2, 0.25) is 0 Å². The van der Waals surface area contributed by atoms with E-state index in [-0.39, 0.29) is 6.04 Å². The van der Waals surface area contributed by atoms with Crippen molar-refractivity contribution in [2.24, 2.45) is 7.05 Å². The van der Waals surface area contributed by atoms with Gasteiger partial charge in [-0.05, 0) is 16.8 Å². The van der Waals surface area contributed by atoms with Crippen LogP contribution in [0.5, 0.6) is 0 Å². The van der Waals surface area contributed by atoms with Gasteiger partial charge in [-0.25, -0.2) is 4.68 Å². The van der Waals surface area contributed by atoms with Gasteiger partial charge in [-0.2, -0.15) is 0 Å². The molecule has 0 spiro atoms. The number of aromatic nitrogens is 4. The van der Waals surface area contributed by atoms with E-state index in [1.165, 1.54) is 11.8 Å². The van der Waals surface area contributed by atoms with Gasteiger partial charge in [0.15, 0.2) is 0 Å². The number of thioether (sulfide) groups is 1. The SMILES string of the molecule is CC(C)NC(CCSc1nnnn1C)C(=O)O. The van der Waals surface area contributed by atoms with E-state index in [9.17, 15) is 4.79 Å². The van der Waals surface area contributed by atoms with Gasteiger partial charge in [0.2, 0.25) is 5.16 Å². The van der Waals surface area contributed by atoms with Crippen molar-refractivity contribution in [3.05, 3.63) is 0 Å². The second kappa shape index (κ2) is 6.55. The third kappa shape index (κ3) is 4.70. The number of carboxylic acids is 1. The molecule has 1 atom stereocenters. The number of hydrogen-bond donors (Lipinski definition) is 2. The molecule has 0 radical (unpaired) electrons. The Balaban J connectivity index is 2.37. The maximum atomic E-state index is 11.0. The van der Waals surface area contributed by atoms with Gasteiger partial charge in [0.1, 0.15) is 6.04 Å². The average Bonchev–Trinajstić information content (AvgIpc) is 2.62. The van der Waals surface area contributed by atoms with Crippen molar-refractivity contribution in [1.82, 2.24) is 25.5 Å². The third-order valence-corrected chi connectivity index (χ3v) is 3.10. The molecule has 7 nitrogen and oxygen atoms in total. The molecule has 0 fully saturated rings. The van der Waals surface area contributed by atoms with E-state index in [1.54, 1.807) is 11.7 Å². The number of aryl methyl sites for hydroxylation is 1. The molecular formula is C9H17N5O2S. The minimum atomic E-state index is -0.824. The van der Waals surface area contributed by atoms with Crippen LogP contribution < -0.4 is 5.32 Å². The van der Waals surface area contributed by atoms with Crippen LogP contribution in [0.1, 0.15) is 20.3 Å². The number of hydrogen-bond acceptors (Lipinski definition) is 6. The molecule has 1 rings (SSSR count).